The Morgan fingerprint density at radius 3 is 2.55 bits per heavy atom. The van der Waals surface area contributed by atoms with Gasteiger partial charge < -0.3 is 11.1 Å². The molecular weight excluding hydrogens is 274 g/mol. The molecule has 0 aromatic heterocycles. The molecule has 0 spiro atoms. The third-order valence-corrected chi connectivity index (χ3v) is 4.01. The van der Waals surface area contributed by atoms with Crippen molar-refractivity contribution in [1.82, 2.24) is 4.90 Å². The molecule has 4 nitrogen and oxygen atoms in total. The van der Waals surface area contributed by atoms with Crippen LogP contribution in [0.25, 0.3) is 0 Å². The van der Waals surface area contributed by atoms with Gasteiger partial charge in [-0.1, -0.05) is 25.4 Å². The van der Waals surface area contributed by atoms with E-state index in [1.165, 1.54) is 0 Å². The second-order valence-corrected chi connectivity index (χ2v) is 5.40. The number of rotatable bonds is 6. The molecule has 1 aromatic carbocycles. The highest BCUT2D eigenvalue weighted by Gasteiger charge is 2.23. The topological polar surface area (TPSA) is 58.4 Å². The zero-order chi connectivity index (χ0) is 15.3. The van der Waals surface area contributed by atoms with E-state index in [0.29, 0.717) is 22.4 Å². The molecule has 0 aliphatic rings. The lowest BCUT2D eigenvalue weighted by atomic mass is 10.1. The first-order chi connectivity index (χ1) is 9.40. The fourth-order valence-corrected chi connectivity index (χ4v) is 2.34. The summed E-state index contributed by atoms with van der Waals surface area (Å²) in [6.45, 7) is 9.08. The van der Waals surface area contributed by atoms with E-state index in [2.05, 4.69) is 31.0 Å². The van der Waals surface area contributed by atoms with E-state index in [1.807, 2.05) is 6.92 Å². The van der Waals surface area contributed by atoms with Crippen LogP contribution in [0.1, 0.15) is 34.1 Å². The van der Waals surface area contributed by atoms with Gasteiger partial charge in [0.05, 0.1) is 16.8 Å². The number of nitrogen functional groups attached to an aromatic ring is 1. The Hall–Kier alpha value is -1.26. The molecule has 0 heterocycles. The van der Waals surface area contributed by atoms with Crippen molar-refractivity contribution in [2.24, 2.45) is 0 Å². The summed E-state index contributed by atoms with van der Waals surface area (Å²) < 4.78 is 0. The molecule has 112 valence electrons. The quantitative estimate of drug-likeness (QED) is 0.792. The number of halogens is 1. The first kappa shape index (κ1) is 16.8. The van der Waals surface area contributed by atoms with Gasteiger partial charge in [-0.3, -0.25) is 9.69 Å². The van der Waals surface area contributed by atoms with E-state index >= 15 is 0 Å². The molecule has 20 heavy (non-hydrogen) atoms. The average Bonchev–Trinajstić information content (AvgIpc) is 2.43. The Bertz CT molecular complexity index is 464. The smallest absolute Gasteiger partial charge is 0.241 e. The Balaban J connectivity index is 2.76. The van der Waals surface area contributed by atoms with E-state index in [0.717, 1.165) is 13.0 Å². The van der Waals surface area contributed by atoms with Crippen LogP contribution in [0.15, 0.2) is 18.2 Å². The number of hydrogen-bond donors (Lipinski definition) is 2. The highest BCUT2D eigenvalue weighted by molar-refractivity contribution is 6.33. The molecule has 0 aliphatic carbocycles. The summed E-state index contributed by atoms with van der Waals surface area (Å²) in [5.74, 6) is -0.0335. The number of nitrogens with two attached hydrogens (primary N) is 1. The van der Waals surface area contributed by atoms with Gasteiger partial charge in [0.25, 0.3) is 0 Å². The summed E-state index contributed by atoms with van der Waals surface area (Å²) in [5, 5.41) is 3.38. The van der Waals surface area contributed by atoms with E-state index in [4.69, 9.17) is 17.3 Å². The number of benzene rings is 1. The number of nitrogens with zero attached hydrogens (tertiary/aromatic N) is 1. The molecule has 0 bridgehead atoms. The number of nitrogens with one attached hydrogen (secondary N) is 1. The van der Waals surface area contributed by atoms with Gasteiger partial charge in [-0.05, 0) is 45.0 Å². The van der Waals surface area contributed by atoms with Gasteiger partial charge >= 0.3 is 0 Å². The first-order valence-electron chi connectivity index (χ1n) is 7.02. The van der Waals surface area contributed by atoms with E-state index in [-0.39, 0.29) is 11.9 Å². The van der Waals surface area contributed by atoms with Gasteiger partial charge in [0.1, 0.15) is 0 Å². The SMILES string of the molecule is CCC(C)N(CC)C(C)C(=O)Nc1ccc(Cl)c(N)c1. The van der Waals surface area contributed by atoms with E-state index in [9.17, 15) is 4.79 Å². The minimum Gasteiger partial charge on any atom is -0.397 e. The standard InChI is InChI=1S/C15H24ClN3O/c1-5-10(3)19(6-2)11(4)15(20)18-12-7-8-13(16)14(17)9-12/h7-11H,5-6,17H2,1-4H3,(H,18,20). The normalized spacial score (nSPS) is 14.1. The molecule has 0 saturated carbocycles. The van der Waals surface area contributed by atoms with E-state index < -0.39 is 0 Å². The largest absolute Gasteiger partial charge is 0.397 e. The van der Waals surface area contributed by atoms with Crippen molar-refractivity contribution < 1.29 is 4.79 Å². The zero-order valence-electron chi connectivity index (χ0n) is 12.6. The first-order valence-corrected chi connectivity index (χ1v) is 7.40. The molecule has 2 unspecified atom stereocenters. The van der Waals surface area contributed by atoms with Gasteiger partial charge in [0.2, 0.25) is 5.91 Å². The predicted molar refractivity (Wildman–Crippen MR) is 86.1 cm³/mol. The number of amides is 1. The van der Waals surface area contributed by atoms with Crippen LogP contribution in [0.5, 0.6) is 0 Å². The summed E-state index contributed by atoms with van der Waals surface area (Å²) in [4.78, 5) is 14.5. The third-order valence-electron chi connectivity index (χ3n) is 3.66. The maximum absolute atomic E-state index is 12.3. The minimum absolute atomic E-state index is 0.0335. The maximum Gasteiger partial charge on any atom is 0.241 e. The monoisotopic (exact) mass is 297 g/mol. The number of hydrogen-bond acceptors (Lipinski definition) is 3. The molecule has 0 fully saturated rings. The van der Waals surface area contributed by atoms with Crippen LogP contribution in [-0.2, 0) is 4.79 Å². The number of anilines is 2. The Morgan fingerprint density at radius 1 is 1.40 bits per heavy atom. The average molecular weight is 298 g/mol. The Kier molecular flexibility index (Phi) is 6.30. The number of carbonyl (C=O) groups excluding carboxylic acids is 1. The minimum atomic E-state index is -0.188. The fraction of sp³-hybridized carbons (Fsp3) is 0.533. The molecule has 2 atom stereocenters. The third kappa shape index (κ3) is 4.12. The van der Waals surface area contributed by atoms with Crippen molar-refractivity contribution in [2.75, 3.05) is 17.6 Å². The lowest BCUT2D eigenvalue weighted by Gasteiger charge is -2.32. The molecule has 5 heteroatoms. The van der Waals surface area contributed by atoms with Gasteiger partial charge in [-0.15, -0.1) is 0 Å². The van der Waals surface area contributed by atoms with Crippen LogP contribution < -0.4 is 11.1 Å². The van der Waals surface area contributed by atoms with Crippen LogP contribution in [0.3, 0.4) is 0 Å². The van der Waals surface area contributed by atoms with E-state index in [1.54, 1.807) is 18.2 Å². The second kappa shape index (κ2) is 7.50. The second-order valence-electron chi connectivity index (χ2n) is 4.99. The molecular formula is C15H24ClN3O. The summed E-state index contributed by atoms with van der Waals surface area (Å²) in [6.07, 6.45) is 1.01. The maximum atomic E-state index is 12.3. The Labute approximate surface area is 126 Å². The summed E-state index contributed by atoms with van der Waals surface area (Å²) in [6, 6.07) is 5.29. The van der Waals surface area contributed by atoms with Gasteiger partial charge in [0.15, 0.2) is 0 Å². The summed E-state index contributed by atoms with van der Waals surface area (Å²) >= 11 is 5.87. The van der Waals surface area contributed by atoms with Crippen molar-refractivity contribution in [3.05, 3.63) is 23.2 Å². The van der Waals surface area contributed by atoms with Crippen molar-refractivity contribution in [1.29, 1.82) is 0 Å². The number of carbonyl (C=O) groups is 1. The lowest BCUT2D eigenvalue weighted by Crippen LogP contribution is -2.46. The van der Waals surface area contributed by atoms with Crippen molar-refractivity contribution in [3.8, 4) is 0 Å². The van der Waals surface area contributed by atoms with Crippen LogP contribution in [0, 0.1) is 0 Å². The highest BCUT2D eigenvalue weighted by atomic mass is 35.5. The van der Waals surface area contributed by atoms with Crippen LogP contribution in [0.4, 0.5) is 11.4 Å². The van der Waals surface area contributed by atoms with Crippen LogP contribution >= 0.6 is 11.6 Å². The molecule has 3 N–H and O–H groups in total. The van der Waals surface area contributed by atoms with Gasteiger partial charge in [-0.25, -0.2) is 0 Å². The van der Waals surface area contributed by atoms with Gasteiger partial charge in [-0.2, -0.15) is 0 Å². The Morgan fingerprint density at radius 2 is 2.05 bits per heavy atom. The molecule has 0 aliphatic heterocycles. The fourth-order valence-electron chi connectivity index (χ4n) is 2.22. The summed E-state index contributed by atoms with van der Waals surface area (Å²) in [5.41, 5.74) is 6.87. The van der Waals surface area contributed by atoms with Crippen molar-refractivity contribution >= 4 is 28.9 Å². The zero-order valence-corrected chi connectivity index (χ0v) is 13.4. The van der Waals surface area contributed by atoms with Crippen molar-refractivity contribution in [3.63, 3.8) is 0 Å². The lowest BCUT2D eigenvalue weighted by molar-refractivity contribution is -0.121. The molecule has 0 saturated heterocycles. The van der Waals surface area contributed by atoms with Gasteiger partial charge in [0, 0.05) is 11.7 Å². The number of likely N-dealkylation sites (N-methyl/N-ethyl adjacent to an activating group) is 1. The highest BCUT2D eigenvalue weighted by Crippen LogP contribution is 2.22. The van der Waals surface area contributed by atoms with Crippen LogP contribution in [-0.4, -0.2) is 29.4 Å². The van der Waals surface area contributed by atoms with Crippen LogP contribution in [0.2, 0.25) is 5.02 Å². The molecule has 1 amide bonds. The predicted octanol–water partition coefficient (Wildman–Crippen LogP) is 3.37. The summed E-state index contributed by atoms with van der Waals surface area (Å²) in [7, 11) is 0. The molecule has 1 rings (SSSR count). The molecule has 1 aromatic rings. The van der Waals surface area contributed by atoms with Crippen molar-refractivity contribution in [2.45, 2.75) is 46.2 Å². The molecule has 0 radical (unpaired) electrons.